The Hall–Kier alpha value is -0.340. The molecule has 2 N–H and O–H groups in total. The highest BCUT2D eigenvalue weighted by Gasteiger charge is 1.69. The Bertz CT molecular complexity index is 39.0. The van der Waals surface area contributed by atoms with Gasteiger partial charge in [0, 0.05) is 6.10 Å². The van der Waals surface area contributed by atoms with Crippen molar-refractivity contribution in [1.29, 1.82) is 0 Å². The van der Waals surface area contributed by atoms with Gasteiger partial charge in [-0.2, -0.15) is 0 Å². The first-order valence-electron chi connectivity index (χ1n) is 2.55. The lowest BCUT2D eigenvalue weighted by molar-refractivity contribution is 0.216. The molecule has 0 aliphatic heterocycles. The average Bonchev–Trinajstić information content (AvgIpc) is 1.65. The highest BCUT2D eigenvalue weighted by Crippen LogP contribution is 1.65. The van der Waals surface area contributed by atoms with E-state index in [2.05, 4.69) is 6.58 Å². The van der Waals surface area contributed by atoms with Crippen molar-refractivity contribution >= 4 is 0 Å². The van der Waals surface area contributed by atoms with Gasteiger partial charge in [-0.3, -0.25) is 0 Å². The highest BCUT2D eigenvalue weighted by atomic mass is 16.3. The first-order chi connectivity index (χ1) is 3.65. The van der Waals surface area contributed by atoms with Crippen molar-refractivity contribution in [2.24, 2.45) is 0 Å². The highest BCUT2D eigenvalue weighted by molar-refractivity contribution is 4.60. The van der Waals surface area contributed by atoms with Crippen LogP contribution in [0.3, 0.4) is 0 Å². The maximum atomic E-state index is 8.06. The molecule has 2 heteroatoms. The molecule has 0 amide bonds. The van der Waals surface area contributed by atoms with Gasteiger partial charge in [-0.05, 0) is 13.8 Å². The van der Waals surface area contributed by atoms with Crippen molar-refractivity contribution < 1.29 is 10.2 Å². The predicted octanol–water partition coefficient (Wildman–Crippen LogP) is 0.552. The van der Waals surface area contributed by atoms with Crippen molar-refractivity contribution in [3.05, 3.63) is 12.7 Å². The Morgan fingerprint density at radius 1 is 1.62 bits per heavy atom. The fraction of sp³-hybridized carbons (Fsp3) is 0.667. The fourth-order valence-corrected chi connectivity index (χ4v) is 0. The van der Waals surface area contributed by atoms with Gasteiger partial charge < -0.3 is 10.2 Å². The molecule has 0 aliphatic carbocycles. The van der Waals surface area contributed by atoms with E-state index in [1.54, 1.807) is 13.8 Å². The molecule has 0 saturated carbocycles. The lowest BCUT2D eigenvalue weighted by atomic mass is 10.5. The summed E-state index contributed by atoms with van der Waals surface area (Å²) in [7, 11) is 0. The van der Waals surface area contributed by atoms with Crippen molar-refractivity contribution in [2.75, 3.05) is 6.61 Å². The Morgan fingerprint density at radius 2 is 1.75 bits per heavy atom. The minimum atomic E-state index is -0.167. The van der Waals surface area contributed by atoms with Crippen molar-refractivity contribution in [2.45, 2.75) is 20.0 Å². The molecule has 0 aliphatic rings. The second kappa shape index (κ2) is 9.83. The zero-order valence-corrected chi connectivity index (χ0v) is 5.46. The molecular formula is C6H14O2. The lowest BCUT2D eigenvalue weighted by Gasteiger charge is -1.80. The number of hydrogen-bond acceptors (Lipinski definition) is 2. The van der Waals surface area contributed by atoms with Crippen LogP contribution in [0.25, 0.3) is 0 Å². The molecular weight excluding hydrogens is 104 g/mol. The first kappa shape index (κ1) is 10.6. The zero-order chi connectivity index (χ0) is 6.99. The minimum absolute atomic E-state index is 0.0833. The summed E-state index contributed by atoms with van der Waals surface area (Å²) >= 11 is 0. The zero-order valence-electron chi connectivity index (χ0n) is 5.46. The summed E-state index contributed by atoms with van der Waals surface area (Å²) in [5.74, 6) is 0. The topological polar surface area (TPSA) is 40.5 Å². The van der Waals surface area contributed by atoms with E-state index in [9.17, 15) is 0 Å². The largest absolute Gasteiger partial charge is 0.394 e. The lowest BCUT2D eigenvalue weighted by Crippen LogP contribution is -1.85. The molecule has 0 unspecified atom stereocenters. The van der Waals surface area contributed by atoms with E-state index in [0.29, 0.717) is 0 Å². The number of rotatable bonds is 1. The third kappa shape index (κ3) is 282. The van der Waals surface area contributed by atoms with Crippen LogP contribution in [-0.4, -0.2) is 22.9 Å². The second-order valence-corrected chi connectivity index (χ2v) is 1.56. The van der Waals surface area contributed by atoms with Crippen LogP contribution >= 0.6 is 0 Å². The second-order valence-electron chi connectivity index (χ2n) is 1.56. The van der Waals surface area contributed by atoms with Crippen LogP contribution in [0, 0.1) is 0 Å². The van der Waals surface area contributed by atoms with E-state index >= 15 is 0 Å². The molecule has 0 bridgehead atoms. The van der Waals surface area contributed by atoms with Crippen LogP contribution in [0.5, 0.6) is 0 Å². The molecule has 0 radical (unpaired) electrons. The van der Waals surface area contributed by atoms with Crippen molar-refractivity contribution in [3.63, 3.8) is 0 Å². The van der Waals surface area contributed by atoms with Gasteiger partial charge in [-0.15, -0.1) is 6.58 Å². The Balaban J connectivity index is 0. The Labute approximate surface area is 50.5 Å². The van der Waals surface area contributed by atoms with E-state index in [-0.39, 0.29) is 12.7 Å². The molecule has 0 heterocycles. The van der Waals surface area contributed by atoms with Gasteiger partial charge in [-0.25, -0.2) is 0 Å². The summed E-state index contributed by atoms with van der Waals surface area (Å²) in [6.45, 7) is 6.76. The third-order valence-electron chi connectivity index (χ3n) is 0.129. The van der Waals surface area contributed by atoms with Crippen LogP contribution in [-0.2, 0) is 0 Å². The number of hydrogen-bond donors (Lipinski definition) is 2. The standard InChI is InChI=1S/C3H8O.C3H6O/c1-3(2)4;1-2-3-4/h3-4H,1-2H3;2,4H,1,3H2. The number of aliphatic hydroxyl groups is 2. The summed E-state index contributed by atoms with van der Waals surface area (Å²) < 4.78 is 0. The maximum Gasteiger partial charge on any atom is 0.0609 e. The maximum absolute atomic E-state index is 8.06. The van der Waals surface area contributed by atoms with Gasteiger partial charge in [0.15, 0.2) is 0 Å². The molecule has 2 nitrogen and oxygen atoms in total. The average molecular weight is 118 g/mol. The first-order valence-corrected chi connectivity index (χ1v) is 2.55. The summed E-state index contributed by atoms with van der Waals surface area (Å²) in [6.07, 6.45) is 1.26. The molecule has 0 spiro atoms. The van der Waals surface area contributed by atoms with Crippen molar-refractivity contribution in [3.8, 4) is 0 Å². The van der Waals surface area contributed by atoms with Crippen LogP contribution in [0.15, 0.2) is 12.7 Å². The number of aliphatic hydroxyl groups excluding tert-OH is 2. The van der Waals surface area contributed by atoms with Gasteiger partial charge in [0.05, 0.1) is 6.61 Å². The minimum Gasteiger partial charge on any atom is -0.394 e. The summed E-state index contributed by atoms with van der Waals surface area (Å²) in [5.41, 5.74) is 0. The summed E-state index contributed by atoms with van der Waals surface area (Å²) in [6, 6.07) is 0. The van der Waals surface area contributed by atoms with Gasteiger partial charge in [0.25, 0.3) is 0 Å². The molecule has 0 aromatic rings. The van der Waals surface area contributed by atoms with E-state index in [1.807, 2.05) is 0 Å². The molecule has 0 fully saturated rings. The van der Waals surface area contributed by atoms with E-state index < -0.39 is 0 Å². The van der Waals surface area contributed by atoms with Gasteiger partial charge >= 0.3 is 0 Å². The summed E-state index contributed by atoms with van der Waals surface area (Å²) in [5, 5.41) is 15.8. The molecule has 0 aromatic carbocycles. The smallest absolute Gasteiger partial charge is 0.0609 e. The SMILES string of the molecule is C=CCO.CC(C)O. The molecule has 8 heavy (non-hydrogen) atoms. The van der Waals surface area contributed by atoms with Gasteiger partial charge in [0.1, 0.15) is 0 Å². The van der Waals surface area contributed by atoms with Crippen LogP contribution < -0.4 is 0 Å². The van der Waals surface area contributed by atoms with Crippen LogP contribution in [0.2, 0.25) is 0 Å². The van der Waals surface area contributed by atoms with E-state index in [1.165, 1.54) is 6.08 Å². The molecule has 0 rings (SSSR count). The molecule has 50 valence electrons. The molecule has 0 aromatic heterocycles. The summed E-state index contributed by atoms with van der Waals surface area (Å²) in [4.78, 5) is 0. The van der Waals surface area contributed by atoms with E-state index in [4.69, 9.17) is 10.2 Å². The van der Waals surface area contributed by atoms with Gasteiger partial charge in [-0.1, -0.05) is 6.08 Å². The van der Waals surface area contributed by atoms with Gasteiger partial charge in [0.2, 0.25) is 0 Å². The monoisotopic (exact) mass is 118 g/mol. The Morgan fingerprint density at radius 3 is 1.75 bits per heavy atom. The molecule has 0 saturated heterocycles. The van der Waals surface area contributed by atoms with Crippen molar-refractivity contribution in [1.82, 2.24) is 0 Å². The van der Waals surface area contributed by atoms with E-state index in [0.717, 1.165) is 0 Å². The fourth-order valence-electron chi connectivity index (χ4n) is 0. The quantitative estimate of drug-likeness (QED) is 0.494. The van der Waals surface area contributed by atoms with Crippen LogP contribution in [0.1, 0.15) is 13.8 Å². The molecule has 0 atom stereocenters. The Kier molecular flexibility index (Phi) is 13.0. The predicted molar refractivity (Wildman–Crippen MR) is 34.6 cm³/mol. The normalized spacial score (nSPS) is 7.62. The van der Waals surface area contributed by atoms with Crippen LogP contribution in [0.4, 0.5) is 0 Å². The third-order valence-corrected chi connectivity index (χ3v) is 0.129.